The number of nitrogens with zero attached hydrogens (tertiary/aromatic N) is 1. The monoisotopic (exact) mass is 531 g/mol. The van der Waals surface area contributed by atoms with Crippen LogP contribution in [0, 0.1) is 17.8 Å². The number of hydrogen-bond donors (Lipinski definition) is 0. The predicted molar refractivity (Wildman–Crippen MR) is 121 cm³/mol. The Kier molecular flexibility index (Phi) is 5.90. The first-order chi connectivity index (χ1) is 16.0. The first kappa shape index (κ1) is 23.8. The van der Waals surface area contributed by atoms with Crippen molar-refractivity contribution in [3.63, 3.8) is 0 Å². The highest BCUT2D eigenvalue weighted by atomic mass is 79.9. The largest absolute Gasteiger partial charge is 0.468 e. The molecule has 1 aromatic heterocycles. The fourth-order valence-electron chi connectivity index (χ4n) is 4.62. The molecule has 0 saturated carbocycles. The van der Waals surface area contributed by atoms with Gasteiger partial charge in [0.15, 0.2) is 11.2 Å². The van der Waals surface area contributed by atoms with E-state index in [1.165, 1.54) is 16.7 Å². The molecule has 4 rings (SSSR count). The summed E-state index contributed by atoms with van der Waals surface area (Å²) in [6.45, 7) is -0.245. The van der Waals surface area contributed by atoms with Crippen molar-refractivity contribution < 1.29 is 32.3 Å². The van der Waals surface area contributed by atoms with Gasteiger partial charge in [0.2, 0.25) is 0 Å². The Morgan fingerprint density at radius 3 is 2.56 bits per heavy atom. The van der Waals surface area contributed by atoms with E-state index in [0.29, 0.717) is 21.1 Å². The van der Waals surface area contributed by atoms with Gasteiger partial charge in [-0.1, -0.05) is 52.2 Å². The van der Waals surface area contributed by atoms with E-state index in [9.17, 15) is 27.6 Å². The van der Waals surface area contributed by atoms with Gasteiger partial charge in [-0.05, 0) is 17.7 Å². The first-order valence-electron chi connectivity index (χ1n) is 10.1. The summed E-state index contributed by atoms with van der Waals surface area (Å²) in [6.07, 6.45) is 1.62. The fourth-order valence-corrected chi connectivity index (χ4v) is 5.02. The van der Waals surface area contributed by atoms with Crippen LogP contribution >= 0.6 is 15.9 Å². The average Bonchev–Trinajstić information content (AvgIpc) is 3.18. The predicted octanol–water partition coefficient (Wildman–Crippen LogP) is 5.31. The van der Waals surface area contributed by atoms with Gasteiger partial charge in [0.1, 0.15) is 0 Å². The molecule has 1 aliphatic rings. The normalized spacial score (nSPS) is 19.5. The van der Waals surface area contributed by atoms with Gasteiger partial charge in [-0.25, -0.2) is 0 Å². The molecule has 2 atom stereocenters. The summed E-state index contributed by atoms with van der Waals surface area (Å²) < 4.78 is 46.8. The standard InChI is InChI=1S/C25H17BrF3NO4/c1-3-24(23(33)34-2)13-30-12-18(22(32)25(27,28)29)16-8-5-9-17(21(16)30)19(24)11-20(31)14-6-4-7-15(26)10-14/h1,4-10,12,19H,11,13H2,2H3. The second-order valence-electron chi connectivity index (χ2n) is 8.04. The lowest BCUT2D eigenvalue weighted by atomic mass is 9.67. The lowest BCUT2D eigenvalue weighted by molar-refractivity contribution is -0.151. The number of carbonyl (C=O) groups is 3. The van der Waals surface area contributed by atoms with E-state index in [1.807, 2.05) is 0 Å². The van der Waals surface area contributed by atoms with Crippen molar-refractivity contribution in [1.29, 1.82) is 0 Å². The van der Waals surface area contributed by atoms with Crippen LogP contribution in [0.1, 0.15) is 38.6 Å². The average molecular weight is 532 g/mol. The minimum absolute atomic E-state index is 0.0789. The molecular formula is C25H17BrF3NO4. The van der Waals surface area contributed by atoms with E-state index in [-0.39, 0.29) is 24.1 Å². The molecule has 174 valence electrons. The Morgan fingerprint density at radius 1 is 1.24 bits per heavy atom. The van der Waals surface area contributed by atoms with E-state index >= 15 is 0 Å². The number of terminal acetylenes is 1. The van der Waals surface area contributed by atoms with Gasteiger partial charge >= 0.3 is 12.1 Å². The summed E-state index contributed by atoms with van der Waals surface area (Å²) in [5.74, 6) is -1.51. The summed E-state index contributed by atoms with van der Waals surface area (Å²) in [5, 5.41) is 0.0789. The highest BCUT2D eigenvalue weighted by molar-refractivity contribution is 9.10. The second kappa shape index (κ2) is 8.44. The van der Waals surface area contributed by atoms with Gasteiger partial charge < -0.3 is 9.30 Å². The highest BCUT2D eigenvalue weighted by Crippen LogP contribution is 2.49. The van der Waals surface area contributed by atoms with Crippen LogP contribution in [0.5, 0.6) is 0 Å². The molecule has 34 heavy (non-hydrogen) atoms. The van der Waals surface area contributed by atoms with E-state index in [0.717, 1.165) is 13.3 Å². The third-order valence-corrected chi connectivity index (χ3v) is 6.66. The zero-order valence-electron chi connectivity index (χ0n) is 17.8. The quantitative estimate of drug-likeness (QED) is 0.254. The van der Waals surface area contributed by atoms with Crippen LogP contribution in [0.2, 0.25) is 0 Å². The number of para-hydroxylation sites is 1. The molecule has 2 heterocycles. The third kappa shape index (κ3) is 3.72. The maximum Gasteiger partial charge on any atom is 0.454 e. The Hall–Kier alpha value is -3.38. The summed E-state index contributed by atoms with van der Waals surface area (Å²) in [4.78, 5) is 38.3. The Balaban J connectivity index is 1.92. The summed E-state index contributed by atoms with van der Waals surface area (Å²) in [7, 11) is 1.15. The number of carbonyl (C=O) groups excluding carboxylic acids is 3. The SMILES string of the molecule is C#CC1(C(=O)OC)Cn2cc(C(=O)C(F)(F)F)c3cccc(c32)C1CC(=O)c1cccc(Br)c1. The number of benzene rings is 2. The number of hydrogen-bond acceptors (Lipinski definition) is 4. The zero-order chi connectivity index (χ0) is 24.8. The van der Waals surface area contributed by atoms with Crippen molar-refractivity contribution in [3.8, 4) is 12.3 Å². The zero-order valence-corrected chi connectivity index (χ0v) is 19.4. The van der Waals surface area contributed by atoms with Crippen molar-refractivity contribution >= 4 is 44.4 Å². The minimum Gasteiger partial charge on any atom is -0.468 e. The maximum absolute atomic E-state index is 13.2. The molecule has 0 N–H and O–H groups in total. The van der Waals surface area contributed by atoms with Crippen molar-refractivity contribution in [3.05, 3.63) is 69.8 Å². The Bertz CT molecular complexity index is 1390. The van der Waals surface area contributed by atoms with Gasteiger partial charge in [-0.2, -0.15) is 13.2 Å². The molecule has 0 spiro atoms. The van der Waals surface area contributed by atoms with Crippen molar-refractivity contribution in [2.24, 2.45) is 5.41 Å². The van der Waals surface area contributed by atoms with Crippen LogP contribution in [0.15, 0.2) is 53.1 Å². The van der Waals surface area contributed by atoms with Crippen LogP contribution in [-0.2, 0) is 16.1 Å². The number of methoxy groups -OCH3 is 1. The molecule has 0 radical (unpaired) electrons. The number of esters is 1. The molecule has 0 fully saturated rings. The van der Waals surface area contributed by atoms with Gasteiger partial charge in [0, 0.05) is 34.0 Å². The highest BCUT2D eigenvalue weighted by Gasteiger charge is 2.51. The van der Waals surface area contributed by atoms with E-state index < -0.39 is 34.8 Å². The van der Waals surface area contributed by atoms with Crippen molar-refractivity contribution in [2.75, 3.05) is 7.11 Å². The number of ketones is 2. The van der Waals surface area contributed by atoms with Gasteiger partial charge in [0.25, 0.3) is 5.78 Å². The summed E-state index contributed by atoms with van der Waals surface area (Å²) in [6, 6.07) is 11.2. The molecule has 0 bridgehead atoms. The van der Waals surface area contributed by atoms with Crippen LogP contribution in [0.4, 0.5) is 13.2 Å². The second-order valence-corrected chi connectivity index (χ2v) is 8.95. The van der Waals surface area contributed by atoms with Crippen molar-refractivity contribution in [2.45, 2.75) is 25.1 Å². The molecule has 5 nitrogen and oxygen atoms in total. The van der Waals surface area contributed by atoms with E-state index in [4.69, 9.17) is 11.2 Å². The topological polar surface area (TPSA) is 65.4 Å². The number of halogens is 4. The number of ether oxygens (including phenoxy) is 1. The third-order valence-electron chi connectivity index (χ3n) is 6.16. The van der Waals surface area contributed by atoms with Gasteiger partial charge in [-0.3, -0.25) is 14.4 Å². The molecular weight excluding hydrogens is 515 g/mol. The molecule has 0 aliphatic carbocycles. The van der Waals surface area contributed by atoms with E-state index in [2.05, 4.69) is 21.9 Å². The van der Waals surface area contributed by atoms with Crippen LogP contribution in [0.3, 0.4) is 0 Å². The molecule has 2 unspecified atom stereocenters. The molecule has 9 heteroatoms. The molecule has 2 aromatic carbocycles. The smallest absolute Gasteiger partial charge is 0.454 e. The van der Waals surface area contributed by atoms with E-state index in [1.54, 1.807) is 30.3 Å². The van der Waals surface area contributed by atoms with Crippen LogP contribution < -0.4 is 0 Å². The minimum atomic E-state index is -5.08. The number of aromatic nitrogens is 1. The molecule has 3 aromatic rings. The fraction of sp³-hybridized carbons (Fsp3) is 0.240. The van der Waals surface area contributed by atoms with Crippen LogP contribution in [0.25, 0.3) is 10.9 Å². The lowest BCUT2D eigenvalue weighted by Crippen LogP contribution is -2.44. The molecule has 0 amide bonds. The van der Waals surface area contributed by atoms with Crippen molar-refractivity contribution in [1.82, 2.24) is 4.57 Å². The molecule has 1 aliphatic heterocycles. The lowest BCUT2D eigenvalue weighted by Gasteiger charge is -2.38. The number of Topliss-reactive ketones (excluding diaryl/α,β-unsaturated/α-hetero) is 2. The number of rotatable bonds is 5. The molecule has 0 saturated heterocycles. The van der Waals surface area contributed by atoms with Crippen LogP contribution in [-0.4, -0.2) is 35.4 Å². The Morgan fingerprint density at radius 2 is 1.94 bits per heavy atom. The summed E-state index contributed by atoms with van der Waals surface area (Å²) >= 11 is 3.32. The Labute approximate surface area is 201 Å². The number of alkyl halides is 3. The first-order valence-corrected chi connectivity index (χ1v) is 10.9. The maximum atomic E-state index is 13.2. The van der Waals surface area contributed by atoms with Gasteiger partial charge in [-0.15, -0.1) is 6.42 Å². The van der Waals surface area contributed by atoms with Gasteiger partial charge in [0.05, 0.1) is 24.7 Å². The summed E-state index contributed by atoms with van der Waals surface area (Å²) in [5.41, 5.74) is -1.10.